The number of carboxylic acids is 1. The predicted molar refractivity (Wildman–Crippen MR) is 235 cm³/mol. The molecule has 0 aliphatic rings. The lowest BCUT2D eigenvalue weighted by molar-refractivity contribution is -0.889. The molecule has 0 rings (SSSR count). The molecular weight excluding hydrogens is 715 g/mol. The molecule has 326 valence electrons. The van der Waals surface area contributed by atoms with Gasteiger partial charge in [0.1, 0.15) is 12.6 Å². The number of rotatable bonds is 39. The number of unbranched alkanes of at least 4 members (excludes halogenated alkanes) is 13. The summed E-state index contributed by atoms with van der Waals surface area (Å²) in [6.45, 7) is 4.46. The summed E-state index contributed by atoms with van der Waals surface area (Å²) >= 11 is 0. The highest BCUT2D eigenvalue weighted by Crippen LogP contribution is 2.14. The van der Waals surface area contributed by atoms with Crippen LogP contribution >= 0.6 is 0 Å². The summed E-state index contributed by atoms with van der Waals surface area (Å²) in [5, 5.41) is 11.6. The van der Waals surface area contributed by atoms with Crippen molar-refractivity contribution in [2.75, 3.05) is 41.0 Å². The van der Waals surface area contributed by atoms with Crippen LogP contribution in [0.4, 0.5) is 0 Å². The topological polar surface area (TPSA) is 102 Å². The maximum absolute atomic E-state index is 12.7. The summed E-state index contributed by atoms with van der Waals surface area (Å²) in [5.41, 5.74) is 0. The van der Waals surface area contributed by atoms with Crippen molar-refractivity contribution in [1.82, 2.24) is 0 Å². The first-order valence-electron chi connectivity index (χ1n) is 22.5. The van der Waals surface area contributed by atoms with Crippen LogP contribution in [0.15, 0.2) is 72.9 Å². The van der Waals surface area contributed by atoms with Gasteiger partial charge in [0.15, 0.2) is 6.10 Å². The monoisotopic (exact) mass is 798 g/mol. The summed E-state index contributed by atoms with van der Waals surface area (Å²) in [6, 6.07) is -0.740. The molecule has 0 saturated carbocycles. The molecule has 2 unspecified atom stereocenters. The Bertz CT molecular complexity index is 1160. The Morgan fingerprint density at radius 3 is 1.42 bits per heavy atom. The Morgan fingerprint density at radius 2 is 0.982 bits per heavy atom. The first-order chi connectivity index (χ1) is 27.6. The number of esters is 2. The van der Waals surface area contributed by atoms with Crippen LogP contribution in [0, 0.1) is 0 Å². The minimum absolute atomic E-state index is 0.00863. The molecule has 8 nitrogen and oxygen atoms in total. The maximum atomic E-state index is 12.7. The van der Waals surface area contributed by atoms with Gasteiger partial charge in [-0.1, -0.05) is 170 Å². The number of carboxylic acid groups (broad SMARTS) is 1. The predicted octanol–water partition coefficient (Wildman–Crippen LogP) is 11.0. The Labute approximate surface area is 349 Å². The lowest BCUT2D eigenvalue weighted by Gasteiger charge is -2.34. The molecule has 57 heavy (non-hydrogen) atoms. The van der Waals surface area contributed by atoms with E-state index < -0.39 is 24.1 Å². The summed E-state index contributed by atoms with van der Waals surface area (Å²) < 4.78 is 17.1. The third kappa shape index (κ3) is 38.1. The lowest BCUT2D eigenvalue weighted by atomic mass is 10.0. The van der Waals surface area contributed by atoms with Gasteiger partial charge in [0.25, 0.3) is 0 Å². The second-order valence-electron chi connectivity index (χ2n) is 15.9. The van der Waals surface area contributed by atoms with Gasteiger partial charge >= 0.3 is 11.9 Å². The first kappa shape index (κ1) is 53.8. The van der Waals surface area contributed by atoms with Crippen LogP contribution in [0.1, 0.15) is 168 Å². The van der Waals surface area contributed by atoms with Gasteiger partial charge in [0.2, 0.25) is 0 Å². The molecule has 0 N–H and O–H groups in total. The molecule has 2 atom stereocenters. The van der Waals surface area contributed by atoms with Crippen molar-refractivity contribution in [2.24, 2.45) is 0 Å². The van der Waals surface area contributed by atoms with Crippen LogP contribution in [0.25, 0.3) is 0 Å². The normalized spacial score (nSPS) is 13.6. The molecule has 0 aromatic heterocycles. The van der Waals surface area contributed by atoms with Gasteiger partial charge in [-0.25, -0.2) is 0 Å². The first-order valence-corrected chi connectivity index (χ1v) is 22.5. The minimum Gasteiger partial charge on any atom is -0.544 e. The fourth-order valence-electron chi connectivity index (χ4n) is 6.15. The smallest absolute Gasteiger partial charge is 0.306 e. The van der Waals surface area contributed by atoms with E-state index in [1.807, 2.05) is 12.2 Å². The van der Waals surface area contributed by atoms with E-state index in [2.05, 4.69) is 74.6 Å². The molecular formula is C49H83NO7. The molecule has 0 aliphatic carbocycles. The number of quaternary nitrogens is 1. The third-order valence-electron chi connectivity index (χ3n) is 9.62. The Hall–Kier alpha value is -3.23. The number of ether oxygens (including phenoxy) is 3. The second-order valence-corrected chi connectivity index (χ2v) is 15.9. The summed E-state index contributed by atoms with van der Waals surface area (Å²) in [5.74, 6) is -1.85. The van der Waals surface area contributed by atoms with Gasteiger partial charge in [0.05, 0.1) is 40.3 Å². The van der Waals surface area contributed by atoms with Crippen LogP contribution < -0.4 is 5.11 Å². The summed E-state index contributed by atoms with van der Waals surface area (Å²) in [7, 11) is 5.38. The average Bonchev–Trinajstić information content (AvgIpc) is 3.17. The number of likely N-dealkylation sites (N-methyl/N-ethyl adjacent to an activating group) is 1. The van der Waals surface area contributed by atoms with Gasteiger partial charge in [-0.05, 0) is 51.4 Å². The zero-order valence-electron chi connectivity index (χ0n) is 37.0. The van der Waals surface area contributed by atoms with Gasteiger partial charge in [-0.2, -0.15) is 0 Å². The van der Waals surface area contributed by atoms with Crippen LogP contribution in [0.5, 0.6) is 0 Å². The van der Waals surface area contributed by atoms with E-state index in [0.717, 1.165) is 57.8 Å². The van der Waals surface area contributed by atoms with Gasteiger partial charge < -0.3 is 28.6 Å². The molecule has 0 radical (unpaired) electrons. The van der Waals surface area contributed by atoms with E-state index in [0.29, 0.717) is 12.8 Å². The van der Waals surface area contributed by atoms with Crippen molar-refractivity contribution in [3.05, 3.63) is 72.9 Å². The van der Waals surface area contributed by atoms with E-state index in [-0.39, 0.29) is 43.1 Å². The number of nitrogens with zero attached hydrogens (tertiary/aromatic N) is 1. The van der Waals surface area contributed by atoms with Crippen molar-refractivity contribution in [3.8, 4) is 0 Å². The van der Waals surface area contributed by atoms with Crippen molar-refractivity contribution in [2.45, 2.75) is 180 Å². The highest BCUT2D eigenvalue weighted by Gasteiger charge is 2.25. The van der Waals surface area contributed by atoms with Crippen LogP contribution in [-0.4, -0.2) is 75.5 Å². The third-order valence-corrected chi connectivity index (χ3v) is 9.62. The average molecular weight is 798 g/mol. The van der Waals surface area contributed by atoms with Crippen LogP contribution in [-0.2, 0) is 28.6 Å². The molecule has 0 aromatic rings. The van der Waals surface area contributed by atoms with E-state index in [9.17, 15) is 19.5 Å². The molecule has 0 aromatic carbocycles. The highest BCUT2D eigenvalue weighted by atomic mass is 16.6. The molecule has 0 amide bonds. The fourth-order valence-corrected chi connectivity index (χ4v) is 6.15. The lowest BCUT2D eigenvalue weighted by Crippen LogP contribution is -2.55. The Balaban J connectivity index is 4.47. The van der Waals surface area contributed by atoms with E-state index in [1.165, 1.54) is 70.6 Å². The minimum atomic E-state index is -1.14. The number of carbonyl (C=O) groups excluding carboxylic acids is 3. The Morgan fingerprint density at radius 1 is 0.544 bits per heavy atom. The quantitative estimate of drug-likeness (QED) is 0.0264. The molecule has 0 spiro atoms. The fraction of sp³-hybridized carbons (Fsp3) is 0.694. The van der Waals surface area contributed by atoms with Crippen LogP contribution in [0.3, 0.4) is 0 Å². The maximum Gasteiger partial charge on any atom is 0.306 e. The van der Waals surface area contributed by atoms with E-state index >= 15 is 0 Å². The van der Waals surface area contributed by atoms with Crippen LogP contribution in [0.2, 0.25) is 0 Å². The summed E-state index contributed by atoms with van der Waals surface area (Å²) in [4.78, 5) is 36.8. The molecule has 8 heteroatoms. The van der Waals surface area contributed by atoms with E-state index in [1.54, 1.807) is 21.1 Å². The molecule has 0 heterocycles. The molecule has 0 aliphatic heterocycles. The number of hydrogen-bond acceptors (Lipinski definition) is 7. The van der Waals surface area contributed by atoms with Crippen molar-refractivity contribution >= 4 is 17.9 Å². The molecule has 0 bridgehead atoms. The standard InChI is InChI=1S/C49H83NO7/c1-6-8-10-12-14-16-18-20-22-23-24-25-26-28-30-32-34-36-38-40-48(52)57-45(43-55-42-41-46(49(53)54)50(3,4)5)44-56-47(51)39-37-35-33-31-29-27-21-19-17-15-13-11-9-7-2/h8,10,14,16,20,22,24-25,28,30,34,36,45-46H,6-7,9,11-13,15,17-19,21,23,26-27,29,31-33,35,37-44H2,1-5H3/b10-8+,16-14+,22-20+,25-24+,30-28+,36-34+. The highest BCUT2D eigenvalue weighted by molar-refractivity contribution is 5.70. The number of hydrogen-bond donors (Lipinski definition) is 0. The number of carbonyl (C=O) groups is 3. The molecule has 0 fully saturated rings. The Kier molecular flexibility index (Phi) is 37.3. The second kappa shape index (κ2) is 39.6. The number of aliphatic carboxylic acids is 1. The van der Waals surface area contributed by atoms with E-state index in [4.69, 9.17) is 14.2 Å². The molecule has 0 saturated heterocycles. The largest absolute Gasteiger partial charge is 0.544 e. The van der Waals surface area contributed by atoms with Gasteiger partial charge in [-0.15, -0.1) is 0 Å². The van der Waals surface area contributed by atoms with Gasteiger partial charge in [0, 0.05) is 19.3 Å². The zero-order chi connectivity index (χ0) is 42.1. The van der Waals surface area contributed by atoms with Crippen molar-refractivity contribution in [1.29, 1.82) is 0 Å². The SMILES string of the molecule is CC/C=C/C/C=C/C/C=C/C/C=C/C/C=C/C/C=C/CCC(=O)OC(COCCC(C(=O)[O-])[N+](C)(C)C)COC(=O)CCCCCCCCCCCCCCCC. The number of allylic oxidation sites excluding steroid dienone is 12. The van der Waals surface area contributed by atoms with Gasteiger partial charge in [-0.3, -0.25) is 9.59 Å². The van der Waals surface area contributed by atoms with Crippen molar-refractivity contribution < 1.29 is 38.2 Å². The zero-order valence-corrected chi connectivity index (χ0v) is 37.0. The summed E-state index contributed by atoms with van der Waals surface area (Å²) in [6.07, 6.45) is 49.4. The van der Waals surface area contributed by atoms with Crippen molar-refractivity contribution in [3.63, 3.8) is 0 Å².